The molecule has 0 saturated carbocycles. The summed E-state index contributed by atoms with van der Waals surface area (Å²) in [5.74, 6) is 0. The normalized spacial score (nSPS) is 11.5. The molecule has 1 atom stereocenters. The molecule has 2 N–H and O–H groups in total. The molecule has 0 aliphatic rings. The molecular formula is C15H14BrN3O2S. The lowest BCUT2D eigenvalue weighted by Crippen LogP contribution is -2.30. The highest BCUT2D eigenvalue weighted by Gasteiger charge is 2.08. The van der Waals surface area contributed by atoms with Gasteiger partial charge in [0.15, 0.2) is 5.11 Å². The number of nitro groups is 1. The van der Waals surface area contributed by atoms with Gasteiger partial charge in [0.2, 0.25) is 0 Å². The molecule has 0 aromatic heterocycles. The quantitative estimate of drug-likeness (QED) is 0.467. The monoisotopic (exact) mass is 379 g/mol. The van der Waals surface area contributed by atoms with Gasteiger partial charge < -0.3 is 10.6 Å². The zero-order chi connectivity index (χ0) is 16.1. The second kappa shape index (κ2) is 7.33. The number of halogens is 1. The highest BCUT2D eigenvalue weighted by molar-refractivity contribution is 9.10. The second-order valence-corrected chi connectivity index (χ2v) is 6.00. The summed E-state index contributed by atoms with van der Waals surface area (Å²) in [5.41, 5.74) is 1.86. The maximum atomic E-state index is 10.6. The first-order valence-electron chi connectivity index (χ1n) is 6.53. The molecule has 0 bridgehead atoms. The molecule has 0 aliphatic carbocycles. The first-order valence-corrected chi connectivity index (χ1v) is 7.73. The third kappa shape index (κ3) is 4.51. The summed E-state index contributed by atoms with van der Waals surface area (Å²) in [4.78, 5) is 10.2. The van der Waals surface area contributed by atoms with Crippen molar-refractivity contribution in [2.24, 2.45) is 0 Å². The minimum absolute atomic E-state index is 0.0474. The number of nitrogens with zero attached hydrogens (tertiary/aromatic N) is 1. The van der Waals surface area contributed by atoms with E-state index in [1.54, 1.807) is 12.1 Å². The van der Waals surface area contributed by atoms with Gasteiger partial charge in [-0.2, -0.15) is 0 Å². The third-order valence-corrected chi connectivity index (χ3v) is 3.80. The fourth-order valence-corrected chi connectivity index (χ4v) is 2.42. The van der Waals surface area contributed by atoms with Crippen LogP contribution in [0, 0.1) is 10.1 Å². The topological polar surface area (TPSA) is 67.2 Å². The van der Waals surface area contributed by atoms with E-state index in [1.165, 1.54) is 12.1 Å². The van der Waals surface area contributed by atoms with Crippen molar-refractivity contribution in [2.75, 3.05) is 5.32 Å². The van der Waals surface area contributed by atoms with Gasteiger partial charge in [0.25, 0.3) is 5.69 Å². The van der Waals surface area contributed by atoms with Crippen molar-refractivity contribution >= 4 is 44.6 Å². The minimum Gasteiger partial charge on any atom is -0.356 e. The molecule has 2 aromatic carbocycles. The van der Waals surface area contributed by atoms with E-state index in [0.29, 0.717) is 10.8 Å². The highest BCUT2D eigenvalue weighted by atomic mass is 79.9. The molecule has 2 rings (SSSR count). The van der Waals surface area contributed by atoms with E-state index in [4.69, 9.17) is 12.2 Å². The number of thiocarbonyl (C=S) groups is 1. The summed E-state index contributed by atoms with van der Waals surface area (Å²) in [6.07, 6.45) is 0. The number of hydrogen-bond acceptors (Lipinski definition) is 3. The first kappa shape index (κ1) is 16.4. The number of anilines is 1. The summed E-state index contributed by atoms with van der Waals surface area (Å²) in [5, 5.41) is 17.2. The van der Waals surface area contributed by atoms with Crippen LogP contribution in [0.4, 0.5) is 11.4 Å². The fraction of sp³-hybridized carbons (Fsp3) is 0.133. The van der Waals surface area contributed by atoms with Crippen molar-refractivity contribution < 1.29 is 4.92 Å². The van der Waals surface area contributed by atoms with Gasteiger partial charge in [-0.05, 0) is 49.0 Å². The molecule has 22 heavy (non-hydrogen) atoms. The van der Waals surface area contributed by atoms with Crippen LogP contribution in [0.2, 0.25) is 0 Å². The molecule has 0 amide bonds. The summed E-state index contributed by atoms with van der Waals surface area (Å²) >= 11 is 8.66. The van der Waals surface area contributed by atoms with Gasteiger partial charge >= 0.3 is 0 Å². The minimum atomic E-state index is -0.435. The van der Waals surface area contributed by atoms with Crippen LogP contribution >= 0.6 is 28.1 Å². The number of hydrogen-bond donors (Lipinski definition) is 2. The molecule has 0 saturated heterocycles. The van der Waals surface area contributed by atoms with E-state index in [0.717, 1.165) is 10.0 Å². The average Bonchev–Trinajstić information content (AvgIpc) is 2.48. The second-order valence-electron chi connectivity index (χ2n) is 4.68. The molecular weight excluding hydrogens is 366 g/mol. The number of benzene rings is 2. The molecule has 0 radical (unpaired) electrons. The SMILES string of the molecule is C[C@H](NC(=S)Nc1ccc([N+](=O)[O-])cc1)c1ccc(Br)cc1. The standard InChI is InChI=1S/C15H14BrN3O2S/c1-10(11-2-4-12(16)5-3-11)17-15(22)18-13-6-8-14(9-7-13)19(20)21/h2-10H,1H3,(H2,17,18,22)/t10-/m0/s1. The Hall–Kier alpha value is -1.99. The zero-order valence-electron chi connectivity index (χ0n) is 11.7. The predicted molar refractivity (Wildman–Crippen MR) is 95.0 cm³/mol. The predicted octanol–water partition coefficient (Wildman–Crippen LogP) is 4.40. The van der Waals surface area contributed by atoms with Gasteiger partial charge in [0.05, 0.1) is 11.0 Å². The van der Waals surface area contributed by atoms with Crippen molar-refractivity contribution in [1.29, 1.82) is 0 Å². The Balaban J connectivity index is 1.94. The van der Waals surface area contributed by atoms with Crippen LogP contribution < -0.4 is 10.6 Å². The van der Waals surface area contributed by atoms with Crippen molar-refractivity contribution in [1.82, 2.24) is 5.32 Å². The lowest BCUT2D eigenvalue weighted by molar-refractivity contribution is -0.384. The Morgan fingerprint density at radius 2 is 1.77 bits per heavy atom. The van der Waals surface area contributed by atoms with Gasteiger partial charge in [0.1, 0.15) is 0 Å². The lowest BCUT2D eigenvalue weighted by Gasteiger charge is -2.17. The molecule has 0 aliphatic heterocycles. The Bertz CT molecular complexity index is 674. The number of non-ortho nitro benzene ring substituents is 1. The lowest BCUT2D eigenvalue weighted by atomic mass is 10.1. The van der Waals surface area contributed by atoms with Crippen LogP contribution in [0.5, 0.6) is 0 Å². The number of nitrogens with one attached hydrogen (secondary N) is 2. The van der Waals surface area contributed by atoms with Gasteiger partial charge in [0, 0.05) is 22.3 Å². The van der Waals surface area contributed by atoms with Crippen molar-refractivity contribution in [3.63, 3.8) is 0 Å². The van der Waals surface area contributed by atoms with Crippen molar-refractivity contribution in [3.05, 3.63) is 68.7 Å². The maximum Gasteiger partial charge on any atom is 0.269 e. The van der Waals surface area contributed by atoms with Gasteiger partial charge in [-0.15, -0.1) is 0 Å². The summed E-state index contributed by atoms with van der Waals surface area (Å²) in [6, 6.07) is 14.1. The summed E-state index contributed by atoms with van der Waals surface area (Å²) in [6.45, 7) is 2.01. The third-order valence-electron chi connectivity index (χ3n) is 3.05. The summed E-state index contributed by atoms with van der Waals surface area (Å²) in [7, 11) is 0. The van der Waals surface area contributed by atoms with E-state index < -0.39 is 4.92 Å². The molecule has 2 aromatic rings. The fourth-order valence-electron chi connectivity index (χ4n) is 1.87. The molecule has 114 valence electrons. The van der Waals surface area contributed by atoms with Crippen LogP contribution in [-0.2, 0) is 0 Å². The van der Waals surface area contributed by atoms with Gasteiger partial charge in [-0.25, -0.2) is 0 Å². The van der Waals surface area contributed by atoms with Crippen LogP contribution in [-0.4, -0.2) is 10.0 Å². The maximum absolute atomic E-state index is 10.6. The first-order chi connectivity index (χ1) is 10.5. The van der Waals surface area contributed by atoms with E-state index in [-0.39, 0.29) is 11.7 Å². The van der Waals surface area contributed by atoms with E-state index in [2.05, 4.69) is 26.6 Å². The van der Waals surface area contributed by atoms with Crippen molar-refractivity contribution in [3.8, 4) is 0 Å². The van der Waals surface area contributed by atoms with E-state index in [9.17, 15) is 10.1 Å². The van der Waals surface area contributed by atoms with Crippen LogP contribution in [0.25, 0.3) is 0 Å². The van der Waals surface area contributed by atoms with E-state index in [1.807, 2.05) is 31.2 Å². The van der Waals surface area contributed by atoms with Crippen LogP contribution in [0.15, 0.2) is 53.0 Å². The van der Waals surface area contributed by atoms with Gasteiger partial charge in [-0.3, -0.25) is 10.1 Å². The van der Waals surface area contributed by atoms with E-state index >= 15 is 0 Å². The largest absolute Gasteiger partial charge is 0.356 e. The Kier molecular flexibility index (Phi) is 5.46. The Morgan fingerprint density at radius 1 is 1.18 bits per heavy atom. The highest BCUT2D eigenvalue weighted by Crippen LogP contribution is 2.18. The molecule has 0 unspecified atom stereocenters. The molecule has 0 fully saturated rings. The Morgan fingerprint density at radius 3 is 2.32 bits per heavy atom. The van der Waals surface area contributed by atoms with Gasteiger partial charge in [-0.1, -0.05) is 28.1 Å². The molecule has 0 heterocycles. The van der Waals surface area contributed by atoms with Crippen LogP contribution in [0.1, 0.15) is 18.5 Å². The molecule has 5 nitrogen and oxygen atoms in total. The Labute approximate surface area is 142 Å². The molecule has 0 spiro atoms. The summed E-state index contributed by atoms with van der Waals surface area (Å²) < 4.78 is 1.02. The average molecular weight is 380 g/mol. The number of nitro benzene ring substituents is 1. The smallest absolute Gasteiger partial charge is 0.269 e. The molecule has 7 heteroatoms. The van der Waals surface area contributed by atoms with Crippen LogP contribution in [0.3, 0.4) is 0 Å². The van der Waals surface area contributed by atoms with Crippen molar-refractivity contribution in [2.45, 2.75) is 13.0 Å². The number of rotatable bonds is 4. The zero-order valence-corrected chi connectivity index (χ0v) is 14.1.